The zero-order chi connectivity index (χ0) is 10.9. The van der Waals surface area contributed by atoms with Crippen molar-refractivity contribution in [1.29, 1.82) is 0 Å². The fourth-order valence-corrected chi connectivity index (χ4v) is 3.00. The lowest BCUT2D eigenvalue weighted by molar-refractivity contribution is -0.153. The van der Waals surface area contributed by atoms with Crippen molar-refractivity contribution in [2.24, 2.45) is 5.41 Å². The second-order valence-electron chi connectivity index (χ2n) is 5.00. The van der Waals surface area contributed by atoms with Crippen molar-refractivity contribution in [3.05, 3.63) is 0 Å². The maximum Gasteiger partial charge on any atom is 0.323 e. The summed E-state index contributed by atoms with van der Waals surface area (Å²) >= 11 is 0. The fourth-order valence-electron chi connectivity index (χ4n) is 3.00. The van der Waals surface area contributed by atoms with Gasteiger partial charge in [0.05, 0.1) is 6.61 Å². The van der Waals surface area contributed by atoms with E-state index in [0.29, 0.717) is 5.41 Å². The molecule has 0 aromatic carbocycles. The summed E-state index contributed by atoms with van der Waals surface area (Å²) in [4.78, 5) is 12.7. The normalized spacial score (nSPS) is 27.3. The smallest absolute Gasteiger partial charge is 0.323 e. The van der Waals surface area contributed by atoms with Crippen LogP contribution < -0.4 is 0 Å². The first-order chi connectivity index (χ1) is 7.17. The number of aliphatic carboxylic acids is 1. The lowest BCUT2D eigenvalue weighted by Crippen LogP contribution is -2.63. The lowest BCUT2D eigenvalue weighted by atomic mass is 9.68. The average Bonchev–Trinajstić information content (AvgIpc) is 2.17. The highest BCUT2D eigenvalue weighted by molar-refractivity contribution is 5.73. The van der Waals surface area contributed by atoms with E-state index in [-0.39, 0.29) is 6.61 Å². The van der Waals surface area contributed by atoms with E-state index < -0.39 is 12.0 Å². The Hall–Kier alpha value is -0.610. The molecule has 1 unspecified atom stereocenters. The third-order valence-corrected chi connectivity index (χ3v) is 3.89. The van der Waals surface area contributed by atoms with Gasteiger partial charge in [0.2, 0.25) is 0 Å². The Morgan fingerprint density at radius 3 is 2.33 bits per heavy atom. The molecule has 4 heteroatoms. The van der Waals surface area contributed by atoms with Gasteiger partial charge in [0.1, 0.15) is 6.04 Å². The second kappa shape index (κ2) is 4.10. The van der Waals surface area contributed by atoms with Crippen LogP contribution in [-0.2, 0) is 4.79 Å². The fraction of sp³-hybridized carbons (Fsp3) is 0.909. The van der Waals surface area contributed by atoms with Crippen molar-refractivity contribution in [3.8, 4) is 0 Å². The van der Waals surface area contributed by atoms with E-state index in [1.807, 2.05) is 4.90 Å². The zero-order valence-corrected chi connectivity index (χ0v) is 8.98. The number of rotatable bonds is 3. The number of aliphatic hydroxyl groups excluding tert-OH is 1. The molecule has 1 aliphatic heterocycles. The molecule has 1 aliphatic carbocycles. The molecular weight excluding hydrogens is 194 g/mol. The van der Waals surface area contributed by atoms with Crippen molar-refractivity contribution in [1.82, 2.24) is 4.90 Å². The van der Waals surface area contributed by atoms with Crippen LogP contribution >= 0.6 is 0 Å². The van der Waals surface area contributed by atoms with Gasteiger partial charge in [-0.05, 0) is 18.3 Å². The van der Waals surface area contributed by atoms with Crippen molar-refractivity contribution in [2.75, 3.05) is 19.7 Å². The molecule has 1 heterocycles. The van der Waals surface area contributed by atoms with Gasteiger partial charge < -0.3 is 10.2 Å². The van der Waals surface area contributed by atoms with E-state index >= 15 is 0 Å². The molecule has 15 heavy (non-hydrogen) atoms. The van der Waals surface area contributed by atoms with Crippen LogP contribution in [0.1, 0.15) is 32.1 Å². The quantitative estimate of drug-likeness (QED) is 0.724. The van der Waals surface area contributed by atoms with Crippen LogP contribution in [0.4, 0.5) is 0 Å². The zero-order valence-electron chi connectivity index (χ0n) is 8.98. The number of carboxylic acid groups (broad SMARTS) is 1. The molecule has 2 aliphatic rings. The lowest BCUT2D eigenvalue weighted by Gasteiger charge is -2.54. The van der Waals surface area contributed by atoms with Gasteiger partial charge in [-0.3, -0.25) is 9.69 Å². The molecule has 2 N–H and O–H groups in total. The largest absolute Gasteiger partial charge is 0.480 e. The molecule has 1 saturated heterocycles. The topological polar surface area (TPSA) is 60.8 Å². The first-order valence-electron chi connectivity index (χ1n) is 5.75. The predicted molar refractivity (Wildman–Crippen MR) is 55.6 cm³/mol. The summed E-state index contributed by atoms with van der Waals surface area (Å²) < 4.78 is 0. The molecule has 0 aromatic rings. The van der Waals surface area contributed by atoms with Crippen LogP contribution in [0.25, 0.3) is 0 Å². The van der Waals surface area contributed by atoms with E-state index in [2.05, 4.69) is 0 Å². The number of aliphatic hydroxyl groups is 1. The van der Waals surface area contributed by atoms with Crippen molar-refractivity contribution in [2.45, 2.75) is 38.1 Å². The van der Waals surface area contributed by atoms with Gasteiger partial charge in [0.25, 0.3) is 0 Å². The van der Waals surface area contributed by atoms with Crippen LogP contribution in [0.2, 0.25) is 0 Å². The third-order valence-electron chi connectivity index (χ3n) is 3.89. The minimum absolute atomic E-state index is 0.272. The highest BCUT2D eigenvalue weighted by Crippen LogP contribution is 2.44. The molecule has 2 fully saturated rings. The summed E-state index contributed by atoms with van der Waals surface area (Å²) in [6.45, 7) is 1.46. The molecule has 2 rings (SSSR count). The molecule has 1 spiro atoms. The highest BCUT2D eigenvalue weighted by atomic mass is 16.4. The number of likely N-dealkylation sites (tertiary alicyclic amines) is 1. The Kier molecular flexibility index (Phi) is 2.98. The second-order valence-corrected chi connectivity index (χ2v) is 5.00. The number of carboxylic acids is 1. The predicted octanol–water partition coefficient (Wildman–Crippen LogP) is 0.698. The molecule has 0 bridgehead atoms. The van der Waals surface area contributed by atoms with E-state index in [1.54, 1.807) is 0 Å². The first kappa shape index (κ1) is 10.9. The summed E-state index contributed by atoms with van der Waals surface area (Å²) in [5.74, 6) is -0.900. The Morgan fingerprint density at radius 2 is 1.87 bits per heavy atom. The van der Waals surface area contributed by atoms with Crippen LogP contribution in [-0.4, -0.2) is 46.8 Å². The van der Waals surface area contributed by atoms with E-state index in [1.165, 1.54) is 32.1 Å². The SMILES string of the molecule is O=C(O)C(CO)N1CC2(CCCCC2)C1. The number of nitrogens with zero attached hydrogens (tertiary/aromatic N) is 1. The summed E-state index contributed by atoms with van der Waals surface area (Å²) in [6.07, 6.45) is 6.36. The monoisotopic (exact) mass is 213 g/mol. The first-order valence-corrected chi connectivity index (χ1v) is 5.75. The van der Waals surface area contributed by atoms with Crippen LogP contribution in [0.15, 0.2) is 0 Å². The maximum absolute atomic E-state index is 10.8. The maximum atomic E-state index is 10.8. The highest BCUT2D eigenvalue weighted by Gasteiger charge is 2.46. The van der Waals surface area contributed by atoms with Gasteiger partial charge in [0, 0.05) is 13.1 Å². The Bertz CT molecular complexity index is 240. The number of carbonyl (C=O) groups is 1. The Balaban J connectivity index is 1.88. The molecule has 0 radical (unpaired) electrons. The standard InChI is InChI=1S/C11H19NO3/c13-6-9(10(14)15)12-7-11(8-12)4-2-1-3-5-11/h9,13H,1-8H2,(H,14,15). The van der Waals surface area contributed by atoms with Crippen LogP contribution in [0, 0.1) is 5.41 Å². The molecule has 86 valence electrons. The van der Waals surface area contributed by atoms with Gasteiger partial charge >= 0.3 is 5.97 Å². The molecular formula is C11H19NO3. The van der Waals surface area contributed by atoms with E-state index in [9.17, 15) is 4.79 Å². The van der Waals surface area contributed by atoms with E-state index in [4.69, 9.17) is 10.2 Å². The minimum atomic E-state index is -0.900. The minimum Gasteiger partial charge on any atom is -0.480 e. The Labute approximate surface area is 89.9 Å². The summed E-state index contributed by atoms with van der Waals surface area (Å²) in [5.41, 5.74) is 0.390. The van der Waals surface area contributed by atoms with E-state index in [0.717, 1.165) is 13.1 Å². The summed E-state index contributed by atoms with van der Waals surface area (Å²) in [5, 5.41) is 17.9. The van der Waals surface area contributed by atoms with Gasteiger partial charge in [-0.1, -0.05) is 19.3 Å². The Morgan fingerprint density at radius 1 is 1.27 bits per heavy atom. The van der Waals surface area contributed by atoms with Gasteiger partial charge in [-0.25, -0.2) is 0 Å². The molecule has 0 aromatic heterocycles. The van der Waals surface area contributed by atoms with Gasteiger partial charge in [0.15, 0.2) is 0 Å². The molecule has 1 saturated carbocycles. The summed E-state index contributed by atoms with van der Waals surface area (Å²) in [7, 11) is 0. The van der Waals surface area contributed by atoms with Crippen molar-refractivity contribution < 1.29 is 15.0 Å². The third kappa shape index (κ3) is 2.01. The molecule has 1 atom stereocenters. The molecule has 0 amide bonds. The molecule has 4 nitrogen and oxygen atoms in total. The number of hydrogen-bond donors (Lipinski definition) is 2. The number of hydrogen-bond acceptors (Lipinski definition) is 3. The van der Waals surface area contributed by atoms with Crippen LogP contribution in [0.3, 0.4) is 0 Å². The summed E-state index contributed by atoms with van der Waals surface area (Å²) in [6, 6.07) is -0.683. The average molecular weight is 213 g/mol. The van der Waals surface area contributed by atoms with Gasteiger partial charge in [-0.2, -0.15) is 0 Å². The van der Waals surface area contributed by atoms with Crippen molar-refractivity contribution in [3.63, 3.8) is 0 Å². The van der Waals surface area contributed by atoms with Crippen molar-refractivity contribution >= 4 is 5.97 Å². The van der Waals surface area contributed by atoms with Crippen LogP contribution in [0.5, 0.6) is 0 Å². The van der Waals surface area contributed by atoms with Gasteiger partial charge in [-0.15, -0.1) is 0 Å².